The molecule has 0 aromatic carbocycles. The first-order valence-electron chi connectivity index (χ1n) is 8.87. The lowest BCUT2D eigenvalue weighted by molar-refractivity contribution is -0.135. The van der Waals surface area contributed by atoms with Crippen molar-refractivity contribution in [3.05, 3.63) is 0 Å². The molecule has 2 rings (SSSR count). The van der Waals surface area contributed by atoms with Gasteiger partial charge in [-0.3, -0.25) is 9.69 Å². The van der Waals surface area contributed by atoms with Crippen LogP contribution in [0, 0.1) is 5.92 Å². The molecule has 122 valence electrons. The van der Waals surface area contributed by atoms with Crippen molar-refractivity contribution in [3.8, 4) is 0 Å². The van der Waals surface area contributed by atoms with Crippen molar-refractivity contribution in [1.29, 1.82) is 0 Å². The van der Waals surface area contributed by atoms with E-state index in [9.17, 15) is 4.79 Å². The van der Waals surface area contributed by atoms with Crippen LogP contribution in [0.5, 0.6) is 0 Å². The van der Waals surface area contributed by atoms with Crippen LogP contribution in [0.15, 0.2) is 0 Å². The molecule has 1 heterocycles. The van der Waals surface area contributed by atoms with Crippen LogP contribution in [-0.2, 0) is 4.79 Å². The van der Waals surface area contributed by atoms with E-state index in [2.05, 4.69) is 16.7 Å². The molecule has 2 aliphatic rings. The van der Waals surface area contributed by atoms with Crippen molar-refractivity contribution < 1.29 is 9.90 Å². The summed E-state index contributed by atoms with van der Waals surface area (Å²) in [5.41, 5.74) is 0. The number of rotatable bonds is 6. The Bertz CT molecular complexity index is 314. The van der Waals surface area contributed by atoms with Gasteiger partial charge in [0.05, 0.1) is 6.54 Å². The van der Waals surface area contributed by atoms with E-state index in [1.165, 1.54) is 38.5 Å². The smallest absolute Gasteiger partial charge is 0.236 e. The molecule has 1 aliphatic carbocycles. The molecule has 1 aliphatic heterocycles. The molecule has 1 amide bonds. The lowest BCUT2D eigenvalue weighted by Gasteiger charge is -2.37. The molecule has 0 bridgehead atoms. The minimum Gasteiger partial charge on any atom is -0.396 e. The zero-order chi connectivity index (χ0) is 15.1. The summed E-state index contributed by atoms with van der Waals surface area (Å²) in [6.45, 7) is 5.82. The SMILES string of the molecule is CCN(C(=O)CN1CCCC(CCO)C1)C1CCCCC1. The molecule has 4 nitrogen and oxygen atoms in total. The van der Waals surface area contributed by atoms with Gasteiger partial charge in [0.15, 0.2) is 0 Å². The molecule has 1 saturated carbocycles. The maximum atomic E-state index is 12.6. The van der Waals surface area contributed by atoms with Crippen LogP contribution in [0.25, 0.3) is 0 Å². The third kappa shape index (κ3) is 4.96. The molecule has 1 atom stereocenters. The quantitative estimate of drug-likeness (QED) is 0.817. The van der Waals surface area contributed by atoms with Crippen molar-refractivity contribution in [1.82, 2.24) is 9.80 Å². The molecule has 0 radical (unpaired) electrons. The third-order valence-electron chi connectivity index (χ3n) is 5.18. The summed E-state index contributed by atoms with van der Waals surface area (Å²) < 4.78 is 0. The zero-order valence-electron chi connectivity index (χ0n) is 13.6. The highest BCUT2D eigenvalue weighted by Crippen LogP contribution is 2.23. The van der Waals surface area contributed by atoms with Crippen LogP contribution in [0.2, 0.25) is 0 Å². The Morgan fingerprint density at radius 2 is 1.95 bits per heavy atom. The number of piperidine rings is 1. The fourth-order valence-electron chi connectivity index (χ4n) is 4.03. The Morgan fingerprint density at radius 1 is 1.19 bits per heavy atom. The monoisotopic (exact) mass is 296 g/mol. The van der Waals surface area contributed by atoms with E-state index in [1.54, 1.807) is 0 Å². The minimum absolute atomic E-state index is 0.273. The number of hydrogen-bond acceptors (Lipinski definition) is 3. The molecule has 2 fully saturated rings. The fraction of sp³-hybridized carbons (Fsp3) is 0.941. The van der Waals surface area contributed by atoms with Crippen LogP contribution in [-0.4, -0.2) is 59.6 Å². The number of hydrogen-bond donors (Lipinski definition) is 1. The van der Waals surface area contributed by atoms with Gasteiger partial charge in [-0.2, -0.15) is 0 Å². The van der Waals surface area contributed by atoms with Gasteiger partial charge in [0.25, 0.3) is 0 Å². The number of likely N-dealkylation sites (N-methyl/N-ethyl adjacent to an activating group) is 1. The molecule has 4 heteroatoms. The van der Waals surface area contributed by atoms with Crippen molar-refractivity contribution in [3.63, 3.8) is 0 Å². The topological polar surface area (TPSA) is 43.8 Å². The van der Waals surface area contributed by atoms with Gasteiger partial charge in [-0.25, -0.2) is 0 Å². The Morgan fingerprint density at radius 3 is 2.62 bits per heavy atom. The van der Waals surface area contributed by atoms with Gasteiger partial charge in [-0.1, -0.05) is 19.3 Å². The molecule has 21 heavy (non-hydrogen) atoms. The van der Waals surface area contributed by atoms with Gasteiger partial charge < -0.3 is 10.0 Å². The molecular formula is C17H32N2O2. The summed E-state index contributed by atoms with van der Waals surface area (Å²) in [6.07, 6.45) is 9.49. The van der Waals surface area contributed by atoms with E-state index in [-0.39, 0.29) is 6.61 Å². The van der Waals surface area contributed by atoms with E-state index in [1.807, 2.05) is 0 Å². The number of likely N-dealkylation sites (tertiary alicyclic amines) is 1. The third-order valence-corrected chi connectivity index (χ3v) is 5.18. The Labute approximate surface area is 129 Å². The first kappa shape index (κ1) is 16.8. The predicted molar refractivity (Wildman–Crippen MR) is 85.1 cm³/mol. The molecule has 0 aromatic heterocycles. The number of amides is 1. The van der Waals surface area contributed by atoms with Crippen molar-refractivity contribution in [2.24, 2.45) is 5.92 Å². The maximum Gasteiger partial charge on any atom is 0.236 e. The van der Waals surface area contributed by atoms with Gasteiger partial charge in [0, 0.05) is 25.7 Å². The minimum atomic E-state index is 0.273. The summed E-state index contributed by atoms with van der Waals surface area (Å²) in [6, 6.07) is 0.481. The van der Waals surface area contributed by atoms with Crippen molar-refractivity contribution >= 4 is 5.91 Å². The van der Waals surface area contributed by atoms with Gasteiger partial charge in [-0.05, 0) is 51.5 Å². The summed E-state index contributed by atoms with van der Waals surface area (Å²) in [7, 11) is 0. The van der Waals surface area contributed by atoms with Crippen LogP contribution >= 0.6 is 0 Å². The molecule has 1 N–H and O–H groups in total. The van der Waals surface area contributed by atoms with Gasteiger partial charge in [-0.15, -0.1) is 0 Å². The Kier molecular flexibility index (Phi) is 6.97. The number of carbonyl (C=O) groups excluding carboxylic acids is 1. The first-order valence-corrected chi connectivity index (χ1v) is 8.87. The average Bonchev–Trinajstić information content (AvgIpc) is 2.50. The molecule has 0 spiro atoms. The average molecular weight is 296 g/mol. The van der Waals surface area contributed by atoms with Crippen LogP contribution in [0.1, 0.15) is 58.3 Å². The van der Waals surface area contributed by atoms with E-state index < -0.39 is 0 Å². The van der Waals surface area contributed by atoms with Crippen LogP contribution < -0.4 is 0 Å². The van der Waals surface area contributed by atoms with Crippen molar-refractivity contribution in [2.75, 3.05) is 32.8 Å². The number of nitrogens with zero attached hydrogens (tertiary/aromatic N) is 2. The maximum absolute atomic E-state index is 12.6. The lowest BCUT2D eigenvalue weighted by atomic mass is 9.93. The number of aliphatic hydroxyl groups is 1. The Hall–Kier alpha value is -0.610. The second-order valence-electron chi connectivity index (χ2n) is 6.73. The van der Waals surface area contributed by atoms with E-state index in [0.29, 0.717) is 24.4 Å². The lowest BCUT2D eigenvalue weighted by Crippen LogP contribution is -2.48. The summed E-state index contributed by atoms with van der Waals surface area (Å²) >= 11 is 0. The highest BCUT2D eigenvalue weighted by Gasteiger charge is 2.27. The molecule has 1 unspecified atom stereocenters. The van der Waals surface area contributed by atoms with E-state index in [0.717, 1.165) is 32.5 Å². The second-order valence-corrected chi connectivity index (χ2v) is 6.73. The van der Waals surface area contributed by atoms with E-state index in [4.69, 9.17) is 5.11 Å². The summed E-state index contributed by atoms with van der Waals surface area (Å²) in [4.78, 5) is 17.1. The largest absolute Gasteiger partial charge is 0.396 e. The second kappa shape index (κ2) is 8.74. The Balaban J connectivity index is 1.83. The molecular weight excluding hydrogens is 264 g/mol. The fourth-order valence-corrected chi connectivity index (χ4v) is 4.03. The molecule has 0 aromatic rings. The highest BCUT2D eigenvalue weighted by molar-refractivity contribution is 5.78. The van der Waals surface area contributed by atoms with Crippen LogP contribution in [0.3, 0.4) is 0 Å². The van der Waals surface area contributed by atoms with Gasteiger partial charge in [0.2, 0.25) is 5.91 Å². The standard InChI is InChI=1S/C17H32N2O2/c1-2-19(16-8-4-3-5-9-16)17(21)14-18-11-6-7-15(13-18)10-12-20/h15-16,20H,2-14H2,1H3. The zero-order valence-corrected chi connectivity index (χ0v) is 13.6. The van der Waals surface area contributed by atoms with Gasteiger partial charge >= 0.3 is 0 Å². The first-order chi connectivity index (χ1) is 10.2. The van der Waals surface area contributed by atoms with Crippen LogP contribution in [0.4, 0.5) is 0 Å². The molecule has 1 saturated heterocycles. The number of aliphatic hydroxyl groups excluding tert-OH is 1. The summed E-state index contributed by atoms with van der Waals surface area (Å²) in [5.74, 6) is 0.885. The number of carbonyl (C=O) groups is 1. The normalized spacial score (nSPS) is 25.0. The van der Waals surface area contributed by atoms with E-state index >= 15 is 0 Å². The predicted octanol–water partition coefficient (Wildman–Crippen LogP) is 2.26. The highest BCUT2D eigenvalue weighted by atomic mass is 16.3. The van der Waals surface area contributed by atoms with Gasteiger partial charge in [0.1, 0.15) is 0 Å². The van der Waals surface area contributed by atoms with Crippen molar-refractivity contribution in [2.45, 2.75) is 64.3 Å². The summed E-state index contributed by atoms with van der Waals surface area (Å²) in [5, 5.41) is 9.09.